The van der Waals surface area contributed by atoms with Gasteiger partial charge in [0, 0.05) is 31.5 Å². The van der Waals surface area contributed by atoms with Crippen molar-refractivity contribution in [1.29, 1.82) is 0 Å². The summed E-state index contributed by atoms with van der Waals surface area (Å²) in [7, 11) is 0. The molecule has 0 radical (unpaired) electrons. The summed E-state index contributed by atoms with van der Waals surface area (Å²) in [6, 6.07) is 26.5. The first kappa shape index (κ1) is 27.3. The number of Topliss-reactive ketones (excluding diaryl/α,β-unsaturated/α-hetero) is 1. The molecule has 0 aliphatic carbocycles. The second kappa shape index (κ2) is 11.2. The van der Waals surface area contributed by atoms with E-state index >= 15 is 4.39 Å². The Morgan fingerprint density at radius 3 is 2.51 bits per heavy atom. The van der Waals surface area contributed by atoms with Gasteiger partial charge in [-0.1, -0.05) is 83.5 Å². The zero-order chi connectivity index (χ0) is 28.7. The first-order valence-corrected chi connectivity index (χ1v) is 14.2. The smallest absolute Gasteiger partial charge is 0.195 e. The van der Waals surface area contributed by atoms with Crippen LogP contribution in [-0.4, -0.2) is 25.2 Å². The van der Waals surface area contributed by atoms with Crippen LogP contribution in [0, 0.1) is 12.7 Å². The molecular weight excluding hydrogens is 580 g/mol. The van der Waals surface area contributed by atoms with Crippen molar-refractivity contribution >= 4 is 51.6 Å². The lowest BCUT2D eigenvalue weighted by Gasteiger charge is -2.11. The van der Waals surface area contributed by atoms with Gasteiger partial charge in [-0.15, -0.1) is 0 Å². The van der Waals surface area contributed by atoms with E-state index in [-0.39, 0.29) is 5.02 Å². The van der Waals surface area contributed by atoms with Gasteiger partial charge in [-0.2, -0.15) is 5.10 Å². The summed E-state index contributed by atoms with van der Waals surface area (Å²) < 4.78 is 19.1. The Labute approximate surface area is 249 Å². The van der Waals surface area contributed by atoms with E-state index in [2.05, 4.69) is 5.10 Å². The van der Waals surface area contributed by atoms with Crippen molar-refractivity contribution < 1.29 is 14.3 Å². The van der Waals surface area contributed by atoms with Crippen LogP contribution in [0.15, 0.2) is 113 Å². The van der Waals surface area contributed by atoms with Crippen molar-refractivity contribution in [3.8, 4) is 11.4 Å². The number of carbonyl (C=O) groups excluding carboxylic acids is 1. The Hall–Kier alpha value is -3.88. The number of nitrogens with zero attached hydrogens (tertiary/aromatic N) is 3. The summed E-state index contributed by atoms with van der Waals surface area (Å²) >= 11 is 13.8. The molecule has 0 spiro atoms. The molecule has 0 bridgehead atoms. The second-order valence-electron chi connectivity index (χ2n) is 9.44. The maximum Gasteiger partial charge on any atom is 0.195 e. The number of ketones is 1. The number of fused-ring (bicyclic) bond motifs is 1. The number of hydrogen-bond donors (Lipinski definition) is 1. The van der Waals surface area contributed by atoms with Gasteiger partial charge >= 0.3 is 0 Å². The SMILES string of the molecule is Cc1c(Sc2cccc(C(=O)C(O)c3ccccc3)c2)c2ccc(Cl)c(F)c2n1-c1cnn(-c2cccc(Cl)c2)c1. The normalized spacial score (nSPS) is 12.1. The predicted octanol–water partition coefficient (Wildman–Crippen LogP) is 8.64. The highest BCUT2D eigenvalue weighted by Gasteiger charge is 2.23. The van der Waals surface area contributed by atoms with E-state index in [1.54, 1.807) is 88.4 Å². The fourth-order valence-corrected chi connectivity index (χ4v) is 6.24. The van der Waals surface area contributed by atoms with E-state index in [0.717, 1.165) is 21.2 Å². The van der Waals surface area contributed by atoms with Gasteiger partial charge in [-0.25, -0.2) is 9.07 Å². The molecule has 0 saturated heterocycles. The lowest BCUT2D eigenvalue weighted by Crippen LogP contribution is -2.12. The monoisotopic (exact) mass is 601 g/mol. The van der Waals surface area contributed by atoms with Crippen LogP contribution in [0.25, 0.3) is 22.3 Å². The molecule has 0 saturated carbocycles. The van der Waals surface area contributed by atoms with Gasteiger partial charge in [-0.05, 0) is 55.0 Å². The van der Waals surface area contributed by atoms with Crippen LogP contribution in [0.2, 0.25) is 10.0 Å². The van der Waals surface area contributed by atoms with Crippen LogP contribution >= 0.6 is 35.0 Å². The van der Waals surface area contributed by atoms with E-state index in [1.807, 2.05) is 31.2 Å². The number of aliphatic hydroxyl groups excluding tert-OH is 1. The average molecular weight is 603 g/mol. The molecule has 6 rings (SSSR count). The van der Waals surface area contributed by atoms with Gasteiger partial charge < -0.3 is 9.67 Å². The van der Waals surface area contributed by atoms with Crippen LogP contribution in [-0.2, 0) is 0 Å². The minimum Gasteiger partial charge on any atom is -0.380 e. The minimum atomic E-state index is -1.27. The number of halogens is 3. The predicted molar refractivity (Wildman–Crippen MR) is 161 cm³/mol. The molecule has 204 valence electrons. The van der Waals surface area contributed by atoms with Crippen LogP contribution in [0.1, 0.15) is 27.7 Å². The molecule has 6 aromatic rings. The summed E-state index contributed by atoms with van der Waals surface area (Å²) in [5, 5.41) is 16.4. The highest BCUT2D eigenvalue weighted by atomic mass is 35.5. The van der Waals surface area contributed by atoms with Crippen molar-refractivity contribution in [3.05, 3.63) is 136 Å². The molecule has 1 atom stereocenters. The first-order valence-electron chi connectivity index (χ1n) is 12.7. The first-order chi connectivity index (χ1) is 19.8. The Morgan fingerprint density at radius 2 is 1.73 bits per heavy atom. The van der Waals surface area contributed by atoms with Crippen LogP contribution in [0.3, 0.4) is 0 Å². The van der Waals surface area contributed by atoms with Gasteiger partial charge in [0.15, 0.2) is 11.6 Å². The molecule has 0 aliphatic rings. The number of benzene rings is 4. The van der Waals surface area contributed by atoms with E-state index in [4.69, 9.17) is 23.2 Å². The van der Waals surface area contributed by atoms with Gasteiger partial charge in [-0.3, -0.25) is 4.79 Å². The van der Waals surface area contributed by atoms with Crippen LogP contribution in [0.5, 0.6) is 0 Å². The molecule has 2 heterocycles. The van der Waals surface area contributed by atoms with Crippen LogP contribution < -0.4 is 0 Å². The van der Waals surface area contributed by atoms with E-state index in [1.165, 1.54) is 11.8 Å². The highest BCUT2D eigenvalue weighted by Crippen LogP contribution is 2.42. The summed E-state index contributed by atoms with van der Waals surface area (Å²) in [5.74, 6) is -0.936. The summed E-state index contributed by atoms with van der Waals surface area (Å²) in [5.41, 5.74) is 3.43. The van der Waals surface area contributed by atoms with Crippen molar-refractivity contribution in [2.75, 3.05) is 0 Å². The van der Waals surface area contributed by atoms with Crippen LogP contribution in [0.4, 0.5) is 4.39 Å². The fraction of sp³-hybridized carbons (Fsp3) is 0.0625. The summed E-state index contributed by atoms with van der Waals surface area (Å²) in [4.78, 5) is 14.7. The molecule has 5 nitrogen and oxygen atoms in total. The minimum absolute atomic E-state index is 0.0116. The molecule has 0 fully saturated rings. The number of carbonyl (C=O) groups is 1. The van der Waals surface area contributed by atoms with Gasteiger partial charge in [0.25, 0.3) is 0 Å². The molecule has 9 heteroatoms. The highest BCUT2D eigenvalue weighted by molar-refractivity contribution is 7.99. The Kier molecular flexibility index (Phi) is 7.45. The third-order valence-corrected chi connectivity index (χ3v) is 8.54. The van der Waals surface area contributed by atoms with E-state index in [9.17, 15) is 9.90 Å². The standard InChI is InChI=1S/C32H22Cl2FN3O2S/c1-19-32(41-25-12-5-9-21(15-25)31(40)30(39)20-7-3-2-4-8-20)26-13-14-27(34)28(35)29(26)38(19)24-17-36-37(18-24)23-11-6-10-22(33)16-23/h2-18,30,39H,1H3. The summed E-state index contributed by atoms with van der Waals surface area (Å²) in [6.07, 6.45) is 2.19. The zero-order valence-electron chi connectivity index (χ0n) is 21.6. The largest absolute Gasteiger partial charge is 0.380 e. The molecular formula is C32H22Cl2FN3O2S. The third kappa shape index (κ3) is 5.18. The molecule has 4 aromatic carbocycles. The van der Waals surface area contributed by atoms with Gasteiger partial charge in [0.1, 0.15) is 6.10 Å². The van der Waals surface area contributed by atoms with Crippen molar-refractivity contribution in [2.45, 2.75) is 22.8 Å². The lowest BCUT2D eigenvalue weighted by molar-refractivity contribution is 0.0747. The molecule has 0 aliphatic heterocycles. The molecule has 0 amide bonds. The van der Waals surface area contributed by atoms with Gasteiger partial charge in [0.2, 0.25) is 0 Å². The number of rotatable bonds is 7. The Bertz CT molecular complexity index is 1920. The van der Waals surface area contributed by atoms with Crippen molar-refractivity contribution in [2.24, 2.45) is 0 Å². The number of hydrogen-bond acceptors (Lipinski definition) is 4. The number of aromatic nitrogens is 3. The second-order valence-corrected chi connectivity index (χ2v) is 11.4. The zero-order valence-corrected chi connectivity index (χ0v) is 24.0. The molecule has 41 heavy (non-hydrogen) atoms. The van der Waals surface area contributed by atoms with Crippen molar-refractivity contribution in [1.82, 2.24) is 14.3 Å². The van der Waals surface area contributed by atoms with E-state index < -0.39 is 17.7 Å². The average Bonchev–Trinajstić information content (AvgIpc) is 3.58. The lowest BCUT2D eigenvalue weighted by atomic mass is 10.0. The Morgan fingerprint density at radius 1 is 0.951 bits per heavy atom. The number of aliphatic hydroxyl groups is 1. The molecule has 1 unspecified atom stereocenters. The molecule has 1 N–H and O–H groups in total. The van der Waals surface area contributed by atoms with Gasteiger partial charge in [0.05, 0.1) is 34.3 Å². The van der Waals surface area contributed by atoms with Crippen molar-refractivity contribution in [3.63, 3.8) is 0 Å². The quantitative estimate of drug-likeness (QED) is 0.186. The van der Waals surface area contributed by atoms with E-state index in [0.29, 0.717) is 32.7 Å². The third-order valence-electron chi connectivity index (χ3n) is 6.80. The topological polar surface area (TPSA) is 60.0 Å². The Balaban J connectivity index is 1.41. The summed E-state index contributed by atoms with van der Waals surface area (Å²) in [6.45, 7) is 1.90. The maximum atomic E-state index is 15.6. The maximum absolute atomic E-state index is 15.6. The fourth-order valence-electron chi connectivity index (χ4n) is 4.82. The molecule has 2 aromatic heterocycles.